The van der Waals surface area contributed by atoms with Crippen molar-refractivity contribution in [2.24, 2.45) is 0 Å². The van der Waals surface area contributed by atoms with Crippen LogP contribution in [0, 0.1) is 11.6 Å². The Morgan fingerprint density at radius 1 is 1.42 bits per heavy atom. The van der Waals surface area contributed by atoms with Crippen molar-refractivity contribution in [2.75, 3.05) is 6.54 Å². The number of alkyl halides is 2. The monoisotopic (exact) mass is 276 g/mol. The fraction of sp³-hybridized carbons (Fsp3) is 0.417. The van der Waals surface area contributed by atoms with Crippen molar-refractivity contribution in [3.8, 4) is 0 Å². The Morgan fingerprint density at radius 2 is 2.16 bits per heavy atom. The van der Waals surface area contributed by atoms with Crippen molar-refractivity contribution < 1.29 is 22.4 Å². The average Bonchev–Trinajstić information content (AvgIpc) is 2.70. The van der Waals surface area contributed by atoms with E-state index < -0.39 is 42.5 Å². The zero-order valence-electron chi connectivity index (χ0n) is 9.85. The summed E-state index contributed by atoms with van der Waals surface area (Å²) in [5.41, 5.74) is -0.0295. The van der Waals surface area contributed by atoms with E-state index in [0.717, 1.165) is 18.2 Å². The molecule has 1 heterocycles. The highest BCUT2D eigenvalue weighted by Gasteiger charge is 2.42. The Morgan fingerprint density at radius 3 is 2.79 bits per heavy atom. The molecule has 0 radical (unpaired) electrons. The molecule has 0 spiro atoms. The lowest BCUT2D eigenvalue weighted by molar-refractivity contribution is -0.123. The average molecular weight is 276 g/mol. The Balaban J connectivity index is 1.92. The lowest BCUT2D eigenvalue weighted by atomic mass is 10.1. The molecular weight excluding hydrogens is 264 g/mol. The van der Waals surface area contributed by atoms with E-state index in [1.54, 1.807) is 0 Å². The summed E-state index contributed by atoms with van der Waals surface area (Å²) in [6.07, 6.45) is -0.593. The zero-order chi connectivity index (χ0) is 14.0. The second-order valence-corrected chi connectivity index (χ2v) is 4.45. The van der Waals surface area contributed by atoms with Crippen LogP contribution in [0.25, 0.3) is 0 Å². The summed E-state index contributed by atoms with van der Waals surface area (Å²) in [6, 6.07) is 1.84. The van der Waals surface area contributed by atoms with Crippen LogP contribution in [0.2, 0.25) is 0 Å². The third-order valence-electron chi connectivity index (χ3n) is 2.89. The molecular formula is C12H12F4N2O. The summed E-state index contributed by atoms with van der Waals surface area (Å²) < 4.78 is 51.9. The van der Waals surface area contributed by atoms with Gasteiger partial charge in [0.1, 0.15) is 11.6 Å². The number of nitrogens with one attached hydrogen (secondary N) is 2. The standard InChI is InChI=1S/C12H12F4N2O/c13-8-1-2-9(14)7(3-8)5-17-11(19)10-4-12(15,16)6-18-10/h1-3,10,18H,4-6H2,(H,17,19). The maximum Gasteiger partial charge on any atom is 0.262 e. The summed E-state index contributed by atoms with van der Waals surface area (Å²) in [5, 5.41) is 4.68. The Hall–Kier alpha value is -1.63. The number of benzene rings is 1. The first-order valence-electron chi connectivity index (χ1n) is 5.70. The van der Waals surface area contributed by atoms with E-state index in [4.69, 9.17) is 0 Å². The first-order valence-corrected chi connectivity index (χ1v) is 5.70. The fourth-order valence-electron chi connectivity index (χ4n) is 1.89. The van der Waals surface area contributed by atoms with Gasteiger partial charge >= 0.3 is 0 Å². The number of hydrogen-bond acceptors (Lipinski definition) is 2. The summed E-state index contributed by atoms with van der Waals surface area (Å²) in [5.74, 6) is -4.85. The molecule has 1 amide bonds. The van der Waals surface area contributed by atoms with Crippen molar-refractivity contribution >= 4 is 5.91 Å². The van der Waals surface area contributed by atoms with E-state index >= 15 is 0 Å². The van der Waals surface area contributed by atoms with Crippen LogP contribution >= 0.6 is 0 Å². The minimum Gasteiger partial charge on any atom is -0.351 e. The van der Waals surface area contributed by atoms with E-state index in [0.29, 0.717) is 0 Å². The van der Waals surface area contributed by atoms with Gasteiger partial charge in [-0.15, -0.1) is 0 Å². The third kappa shape index (κ3) is 3.44. The highest BCUT2D eigenvalue weighted by molar-refractivity contribution is 5.82. The van der Waals surface area contributed by atoms with Crippen molar-refractivity contribution in [1.82, 2.24) is 10.6 Å². The van der Waals surface area contributed by atoms with Crippen LogP contribution in [0.1, 0.15) is 12.0 Å². The molecule has 1 atom stereocenters. The molecule has 0 saturated carbocycles. The molecule has 7 heteroatoms. The van der Waals surface area contributed by atoms with Gasteiger partial charge in [0.15, 0.2) is 0 Å². The number of halogens is 4. The van der Waals surface area contributed by atoms with Gasteiger partial charge in [-0.3, -0.25) is 10.1 Å². The van der Waals surface area contributed by atoms with E-state index in [9.17, 15) is 22.4 Å². The molecule has 1 saturated heterocycles. The summed E-state index contributed by atoms with van der Waals surface area (Å²) in [4.78, 5) is 11.6. The molecule has 2 N–H and O–H groups in total. The highest BCUT2D eigenvalue weighted by Crippen LogP contribution is 2.25. The summed E-state index contributed by atoms with van der Waals surface area (Å²) in [7, 11) is 0. The van der Waals surface area contributed by atoms with E-state index in [1.165, 1.54) is 0 Å². The van der Waals surface area contributed by atoms with Crippen LogP contribution in [0.4, 0.5) is 17.6 Å². The molecule has 2 rings (SSSR count). The predicted octanol–water partition coefficient (Wildman–Crippen LogP) is 1.58. The molecule has 1 fully saturated rings. The molecule has 0 aromatic heterocycles. The van der Waals surface area contributed by atoms with Gasteiger partial charge in [-0.25, -0.2) is 17.6 Å². The second-order valence-electron chi connectivity index (χ2n) is 4.45. The summed E-state index contributed by atoms with van der Waals surface area (Å²) in [6.45, 7) is -0.800. The van der Waals surface area contributed by atoms with Gasteiger partial charge in [0.05, 0.1) is 12.6 Å². The smallest absolute Gasteiger partial charge is 0.262 e. The zero-order valence-corrected chi connectivity index (χ0v) is 9.85. The minimum absolute atomic E-state index is 0.0295. The van der Waals surface area contributed by atoms with Crippen molar-refractivity contribution in [1.29, 1.82) is 0 Å². The van der Waals surface area contributed by atoms with Crippen LogP contribution in [-0.2, 0) is 11.3 Å². The fourth-order valence-corrected chi connectivity index (χ4v) is 1.89. The molecule has 1 unspecified atom stereocenters. The normalized spacial score (nSPS) is 21.4. The first kappa shape index (κ1) is 13.8. The Bertz CT molecular complexity index is 493. The topological polar surface area (TPSA) is 41.1 Å². The van der Waals surface area contributed by atoms with Crippen molar-refractivity contribution in [3.05, 3.63) is 35.4 Å². The maximum absolute atomic E-state index is 13.3. The van der Waals surface area contributed by atoms with Gasteiger partial charge in [0, 0.05) is 18.5 Å². The molecule has 0 bridgehead atoms. The van der Waals surface area contributed by atoms with Crippen LogP contribution in [0.5, 0.6) is 0 Å². The van der Waals surface area contributed by atoms with Gasteiger partial charge in [-0.2, -0.15) is 0 Å². The molecule has 1 aromatic rings. The number of carbonyl (C=O) groups is 1. The predicted molar refractivity (Wildman–Crippen MR) is 59.6 cm³/mol. The number of amides is 1. The second kappa shape index (κ2) is 5.16. The molecule has 19 heavy (non-hydrogen) atoms. The van der Waals surface area contributed by atoms with Crippen molar-refractivity contribution in [3.63, 3.8) is 0 Å². The van der Waals surface area contributed by atoms with Crippen molar-refractivity contribution in [2.45, 2.75) is 24.9 Å². The lowest BCUT2D eigenvalue weighted by Gasteiger charge is -2.11. The quantitative estimate of drug-likeness (QED) is 0.823. The molecule has 3 nitrogen and oxygen atoms in total. The maximum atomic E-state index is 13.3. The number of hydrogen-bond donors (Lipinski definition) is 2. The summed E-state index contributed by atoms with van der Waals surface area (Å²) >= 11 is 0. The lowest BCUT2D eigenvalue weighted by Crippen LogP contribution is -2.40. The highest BCUT2D eigenvalue weighted by atomic mass is 19.3. The van der Waals surface area contributed by atoms with Crippen LogP contribution in [0.15, 0.2) is 18.2 Å². The van der Waals surface area contributed by atoms with Crippen LogP contribution < -0.4 is 10.6 Å². The largest absolute Gasteiger partial charge is 0.351 e. The van der Waals surface area contributed by atoms with Gasteiger partial charge < -0.3 is 5.32 Å². The van der Waals surface area contributed by atoms with E-state index in [2.05, 4.69) is 10.6 Å². The molecule has 1 aliphatic rings. The van der Waals surface area contributed by atoms with Crippen LogP contribution in [-0.4, -0.2) is 24.4 Å². The molecule has 1 aromatic carbocycles. The van der Waals surface area contributed by atoms with Gasteiger partial charge in [-0.05, 0) is 18.2 Å². The van der Waals surface area contributed by atoms with Crippen LogP contribution in [0.3, 0.4) is 0 Å². The van der Waals surface area contributed by atoms with Gasteiger partial charge in [-0.1, -0.05) is 0 Å². The minimum atomic E-state index is -2.91. The number of rotatable bonds is 3. The molecule has 0 aliphatic carbocycles. The van der Waals surface area contributed by atoms with E-state index in [1.807, 2.05) is 0 Å². The Labute approximate surface area is 107 Å². The Kier molecular flexibility index (Phi) is 3.75. The van der Waals surface area contributed by atoms with Gasteiger partial charge in [0.25, 0.3) is 5.92 Å². The SMILES string of the molecule is O=C(NCc1cc(F)ccc1F)C1CC(F)(F)CN1. The molecule has 1 aliphatic heterocycles. The van der Waals surface area contributed by atoms with Gasteiger partial charge in [0.2, 0.25) is 5.91 Å². The molecule has 104 valence electrons. The van der Waals surface area contributed by atoms with E-state index in [-0.39, 0.29) is 12.1 Å². The third-order valence-corrected chi connectivity index (χ3v) is 2.89. The first-order chi connectivity index (χ1) is 8.87. The number of carbonyl (C=O) groups excluding carboxylic acids is 1.